The minimum absolute atomic E-state index is 0.00945. The van der Waals surface area contributed by atoms with Gasteiger partial charge in [-0.25, -0.2) is 4.79 Å². The van der Waals surface area contributed by atoms with E-state index in [1.807, 2.05) is 29.2 Å². The zero-order valence-corrected chi connectivity index (χ0v) is 15.8. The number of piperidine rings is 1. The van der Waals surface area contributed by atoms with E-state index in [1.165, 1.54) is 17.8 Å². The SMILES string of the molecule is COc1ccc(CNC(=O)N2CCC(c3nnc(C4CC4)s3)CC2)cc1. The molecule has 0 spiro atoms. The Kier molecular flexibility index (Phi) is 5.06. The predicted molar refractivity (Wildman–Crippen MR) is 101 cm³/mol. The van der Waals surface area contributed by atoms with Crippen LogP contribution in [-0.2, 0) is 6.54 Å². The molecule has 1 N–H and O–H groups in total. The molecule has 1 aliphatic carbocycles. The highest BCUT2D eigenvalue weighted by Gasteiger charge is 2.30. The summed E-state index contributed by atoms with van der Waals surface area (Å²) in [6.07, 6.45) is 4.47. The molecule has 2 heterocycles. The molecular formula is C19H24N4O2S. The van der Waals surface area contributed by atoms with Crippen molar-refractivity contribution >= 4 is 17.4 Å². The van der Waals surface area contributed by atoms with Gasteiger partial charge in [-0.15, -0.1) is 21.5 Å². The van der Waals surface area contributed by atoms with Gasteiger partial charge in [0.15, 0.2) is 0 Å². The van der Waals surface area contributed by atoms with E-state index in [1.54, 1.807) is 18.4 Å². The highest BCUT2D eigenvalue weighted by molar-refractivity contribution is 7.11. The lowest BCUT2D eigenvalue weighted by molar-refractivity contribution is 0.181. The number of amides is 2. The van der Waals surface area contributed by atoms with Crippen LogP contribution < -0.4 is 10.1 Å². The van der Waals surface area contributed by atoms with Gasteiger partial charge in [-0.1, -0.05) is 12.1 Å². The Morgan fingerprint density at radius 3 is 2.31 bits per heavy atom. The van der Waals surface area contributed by atoms with E-state index in [2.05, 4.69) is 15.5 Å². The van der Waals surface area contributed by atoms with E-state index in [4.69, 9.17) is 4.74 Å². The summed E-state index contributed by atoms with van der Waals surface area (Å²) >= 11 is 1.78. The summed E-state index contributed by atoms with van der Waals surface area (Å²) < 4.78 is 5.15. The van der Waals surface area contributed by atoms with Crippen LogP contribution in [0.5, 0.6) is 5.75 Å². The first-order valence-electron chi connectivity index (χ1n) is 9.22. The van der Waals surface area contributed by atoms with Crippen LogP contribution in [0.4, 0.5) is 4.79 Å². The number of urea groups is 1. The number of methoxy groups -OCH3 is 1. The van der Waals surface area contributed by atoms with Crippen molar-refractivity contribution in [2.45, 2.75) is 44.1 Å². The number of hydrogen-bond acceptors (Lipinski definition) is 5. The summed E-state index contributed by atoms with van der Waals surface area (Å²) in [5, 5.41) is 14.1. The van der Waals surface area contributed by atoms with E-state index < -0.39 is 0 Å². The highest BCUT2D eigenvalue weighted by Crippen LogP contribution is 2.43. The Morgan fingerprint density at radius 2 is 1.73 bits per heavy atom. The maximum atomic E-state index is 12.4. The molecular weight excluding hydrogens is 348 g/mol. The van der Waals surface area contributed by atoms with Crippen LogP contribution in [0.2, 0.25) is 0 Å². The first-order chi connectivity index (χ1) is 12.7. The van der Waals surface area contributed by atoms with Crippen molar-refractivity contribution in [3.05, 3.63) is 39.8 Å². The van der Waals surface area contributed by atoms with Crippen LogP contribution in [0.3, 0.4) is 0 Å². The molecule has 0 unspecified atom stereocenters. The van der Waals surface area contributed by atoms with Crippen LogP contribution in [0.15, 0.2) is 24.3 Å². The molecule has 2 aliphatic rings. The Morgan fingerprint density at radius 1 is 1.12 bits per heavy atom. The molecule has 6 nitrogen and oxygen atoms in total. The van der Waals surface area contributed by atoms with E-state index in [-0.39, 0.29) is 6.03 Å². The molecule has 138 valence electrons. The number of rotatable bonds is 5. The average molecular weight is 372 g/mol. The minimum atomic E-state index is 0.00945. The second-order valence-corrected chi connectivity index (χ2v) is 8.06. The number of nitrogens with zero attached hydrogens (tertiary/aromatic N) is 3. The molecule has 1 aromatic heterocycles. The zero-order chi connectivity index (χ0) is 17.9. The van der Waals surface area contributed by atoms with Gasteiger partial charge in [-0.05, 0) is 43.4 Å². The molecule has 1 aliphatic heterocycles. The lowest BCUT2D eigenvalue weighted by atomic mass is 9.98. The quantitative estimate of drug-likeness (QED) is 0.872. The Hall–Kier alpha value is -2.15. The molecule has 0 atom stereocenters. The molecule has 1 saturated carbocycles. The van der Waals surface area contributed by atoms with Crippen LogP contribution in [0, 0.1) is 0 Å². The highest BCUT2D eigenvalue weighted by atomic mass is 32.1. The molecule has 26 heavy (non-hydrogen) atoms. The molecule has 0 radical (unpaired) electrons. The Bertz CT molecular complexity index is 749. The number of carbonyl (C=O) groups excluding carboxylic acids is 1. The third-order valence-electron chi connectivity index (χ3n) is 5.12. The zero-order valence-electron chi connectivity index (χ0n) is 15.0. The summed E-state index contributed by atoms with van der Waals surface area (Å²) in [4.78, 5) is 14.3. The first kappa shape index (κ1) is 17.3. The number of nitrogens with one attached hydrogen (secondary N) is 1. The van der Waals surface area contributed by atoms with Gasteiger partial charge in [-0.3, -0.25) is 0 Å². The number of benzene rings is 1. The van der Waals surface area contributed by atoms with Crippen molar-refractivity contribution in [2.24, 2.45) is 0 Å². The van der Waals surface area contributed by atoms with E-state index in [0.717, 1.165) is 42.3 Å². The third kappa shape index (κ3) is 3.98. The standard InChI is InChI=1S/C19H24N4O2S/c1-25-16-6-2-13(3-7-16)12-20-19(24)23-10-8-15(9-11-23)18-22-21-17(26-18)14-4-5-14/h2-3,6-7,14-15H,4-5,8-12H2,1H3,(H,20,24). The largest absolute Gasteiger partial charge is 0.497 e. The van der Waals surface area contributed by atoms with Crippen LogP contribution in [-0.4, -0.2) is 41.3 Å². The smallest absolute Gasteiger partial charge is 0.317 e. The van der Waals surface area contributed by atoms with Crippen molar-refractivity contribution in [3.8, 4) is 5.75 Å². The van der Waals surface area contributed by atoms with Crippen molar-refractivity contribution in [2.75, 3.05) is 20.2 Å². The Balaban J connectivity index is 1.24. The van der Waals surface area contributed by atoms with Crippen LogP contribution >= 0.6 is 11.3 Å². The Labute approximate surface area is 157 Å². The fraction of sp³-hybridized carbons (Fsp3) is 0.526. The van der Waals surface area contributed by atoms with Crippen molar-refractivity contribution in [1.29, 1.82) is 0 Å². The molecule has 1 saturated heterocycles. The second-order valence-electron chi connectivity index (χ2n) is 7.02. The van der Waals surface area contributed by atoms with E-state index >= 15 is 0 Å². The lowest BCUT2D eigenvalue weighted by Crippen LogP contribution is -2.43. The van der Waals surface area contributed by atoms with Crippen molar-refractivity contribution in [3.63, 3.8) is 0 Å². The normalized spacial score (nSPS) is 18.0. The maximum absolute atomic E-state index is 12.4. The fourth-order valence-electron chi connectivity index (χ4n) is 3.27. The monoisotopic (exact) mass is 372 g/mol. The fourth-order valence-corrected chi connectivity index (χ4v) is 4.45. The van der Waals surface area contributed by atoms with Gasteiger partial charge in [0.2, 0.25) is 0 Å². The first-order valence-corrected chi connectivity index (χ1v) is 10.0. The number of aromatic nitrogens is 2. The summed E-state index contributed by atoms with van der Waals surface area (Å²) in [5.74, 6) is 1.94. The second kappa shape index (κ2) is 7.61. The summed E-state index contributed by atoms with van der Waals surface area (Å²) in [6, 6.07) is 7.77. The molecule has 7 heteroatoms. The topological polar surface area (TPSA) is 67.3 Å². The molecule has 2 amide bonds. The van der Waals surface area contributed by atoms with E-state index in [0.29, 0.717) is 18.4 Å². The maximum Gasteiger partial charge on any atom is 0.317 e. The summed E-state index contributed by atoms with van der Waals surface area (Å²) in [7, 11) is 1.65. The predicted octanol–water partition coefficient (Wildman–Crippen LogP) is 3.51. The summed E-state index contributed by atoms with van der Waals surface area (Å²) in [5.41, 5.74) is 1.07. The van der Waals surface area contributed by atoms with Crippen molar-refractivity contribution < 1.29 is 9.53 Å². The number of ether oxygens (including phenoxy) is 1. The number of hydrogen-bond donors (Lipinski definition) is 1. The molecule has 2 aromatic rings. The average Bonchev–Trinajstić information content (AvgIpc) is 3.43. The minimum Gasteiger partial charge on any atom is -0.497 e. The van der Waals surface area contributed by atoms with Gasteiger partial charge < -0.3 is 15.0 Å². The van der Waals surface area contributed by atoms with Gasteiger partial charge in [0.05, 0.1) is 7.11 Å². The molecule has 0 bridgehead atoms. The number of likely N-dealkylation sites (tertiary alicyclic amines) is 1. The van der Waals surface area contributed by atoms with E-state index in [9.17, 15) is 4.79 Å². The molecule has 4 rings (SSSR count). The van der Waals surface area contributed by atoms with Gasteiger partial charge >= 0.3 is 6.03 Å². The van der Waals surface area contributed by atoms with Crippen LogP contribution in [0.1, 0.15) is 53.1 Å². The molecule has 1 aromatic carbocycles. The number of carbonyl (C=O) groups is 1. The van der Waals surface area contributed by atoms with Gasteiger partial charge in [0, 0.05) is 31.5 Å². The lowest BCUT2D eigenvalue weighted by Gasteiger charge is -2.31. The third-order valence-corrected chi connectivity index (χ3v) is 6.37. The molecule has 2 fully saturated rings. The summed E-state index contributed by atoms with van der Waals surface area (Å²) in [6.45, 7) is 2.08. The van der Waals surface area contributed by atoms with Gasteiger partial charge in [0.1, 0.15) is 15.8 Å². The van der Waals surface area contributed by atoms with Crippen LogP contribution in [0.25, 0.3) is 0 Å². The van der Waals surface area contributed by atoms with Gasteiger partial charge in [-0.2, -0.15) is 0 Å². The van der Waals surface area contributed by atoms with Gasteiger partial charge in [0.25, 0.3) is 0 Å². The van der Waals surface area contributed by atoms with Crippen molar-refractivity contribution in [1.82, 2.24) is 20.4 Å².